The Morgan fingerprint density at radius 2 is 1.94 bits per heavy atom. The molecule has 1 amide bonds. The SMILES string of the molecule is CCN(CC)CCCC(C)NC(=O)c1cnc2c(-c3ccccc3)c(C)nn2c1COC. The largest absolute Gasteiger partial charge is 0.378 e. The normalized spacial score (nSPS) is 12.4. The van der Waals surface area contributed by atoms with E-state index in [0.717, 1.165) is 54.9 Å². The van der Waals surface area contributed by atoms with Crippen LogP contribution in [0.15, 0.2) is 36.5 Å². The first-order valence-corrected chi connectivity index (χ1v) is 11.4. The fraction of sp³-hybridized carbons (Fsp3) is 0.480. The molecule has 0 spiro atoms. The van der Waals surface area contributed by atoms with E-state index < -0.39 is 0 Å². The summed E-state index contributed by atoms with van der Waals surface area (Å²) in [5, 5.41) is 7.84. The number of ether oxygens (including phenoxy) is 1. The van der Waals surface area contributed by atoms with Crippen molar-refractivity contribution in [3.05, 3.63) is 53.5 Å². The van der Waals surface area contributed by atoms with Gasteiger partial charge in [0.25, 0.3) is 5.91 Å². The number of carbonyl (C=O) groups is 1. The first-order valence-electron chi connectivity index (χ1n) is 11.4. The van der Waals surface area contributed by atoms with Crippen LogP contribution in [-0.4, -0.2) is 58.2 Å². The molecule has 0 aliphatic heterocycles. The van der Waals surface area contributed by atoms with Gasteiger partial charge < -0.3 is 15.0 Å². The molecular weight excluding hydrogens is 402 g/mol. The van der Waals surface area contributed by atoms with Gasteiger partial charge in [-0.2, -0.15) is 5.10 Å². The summed E-state index contributed by atoms with van der Waals surface area (Å²) in [5.74, 6) is -0.142. The van der Waals surface area contributed by atoms with Crippen molar-refractivity contribution in [2.75, 3.05) is 26.7 Å². The molecule has 1 unspecified atom stereocenters. The molecule has 3 rings (SSSR count). The first kappa shape index (κ1) is 23.9. The summed E-state index contributed by atoms with van der Waals surface area (Å²) in [7, 11) is 1.62. The lowest BCUT2D eigenvalue weighted by Gasteiger charge is -2.20. The number of aromatic nitrogens is 3. The molecule has 0 radical (unpaired) electrons. The third kappa shape index (κ3) is 5.34. The molecule has 0 fully saturated rings. The molecule has 1 N–H and O–H groups in total. The smallest absolute Gasteiger partial charge is 0.255 e. The predicted molar refractivity (Wildman–Crippen MR) is 128 cm³/mol. The lowest BCUT2D eigenvalue weighted by atomic mass is 10.1. The number of fused-ring (bicyclic) bond motifs is 1. The van der Waals surface area contributed by atoms with E-state index >= 15 is 0 Å². The number of amides is 1. The Morgan fingerprint density at radius 3 is 2.59 bits per heavy atom. The van der Waals surface area contributed by atoms with Crippen LogP contribution in [0.1, 0.15) is 55.4 Å². The van der Waals surface area contributed by atoms with E-state index in [1.54, 1.807) is 17.8 Å². The van der Waals surface area contributed by atoms with Crippen molar-refractivity contribution in [3.63, 3.8) is 0 Å². The highest BCUT2D eigenvalue weighted by atomic mass is 16.5. The molecule has 2 heterocycles. The maximum atomic E-state index is 13.1. The van der Waals surface area contributed by atoms with Crippen LogP contribution in [0, 0.1) is 6.92 Å². The van der Waals surface area contributed by atoms with Crippen LogP contribution in [0.25, 0.3) is 16.8 Å². The lowest BCUT2D eigenvalue weighted by Crippen LogP contribution is -2.34. The molecule has 2 aromatic heterocycles. The molecule has 7 nitrogen and oxygen atoms in total. The number of methoxy groups -OCH3 is 1. The maximum absolute atomic E-state index is 13.1. The summed E-state index contributed by atoms with van der Waals surface area (Å²) in [6.07, 6.45) is 3.62. The number of carbonyl (C=O) groups excluding carboxylic acids is 1. The molecule has 7 heteroatoms. The van der Waals surface area contributed by atoms with Gasteiger partial charge in [-0.15, -0.1) is 0 Å². The average Bonchev–Trinajstić information content (AvgIpc) is 3.13. The Kier molecular flexibility index (Phi) is 8.36. The van der Waals surface area contributed by atoms with E-state index in [1.165, 1.54) is 0 Å². The van der Waals surface area contributed by atoms with Crippen molar-refractivity contribution in [2.24, 2.45) is 0 Å². The van der Waals surface area contributed by atoms with Crippen molar-refractivity contribution in [1.82, 2.24) is 24.8 Å². The van der Waals surface area contributed by atoms with Crippen LogP contribution in [0.3, 0.4) is 0 Å². The van der Waals surface area contributed by atoms with E-state index in [0.29, 0.717) is 11.3 Å². The number of benzene rings is 1. The molecule has 1 atom stereocenters. The van der Waals surface area contributed by atoms with Gasteiger partial charge in [-0.05, 0) is 51.9 Å². The van der Waals surface area contributed by atoms with Crippen LogP contribution in [0.5, 0.6) is 0 Å². The third-order valence-corrected chi connectivity index (χ3v) is 5.89. The molecule has 0 aliphatic rings. The minimum atomic E-state index is -0.142. The topological polar surface area (TPSA) is 71.8 Å². The summed E-state index contributed by atoms with van der Waals surface area (Å²) in [6.45, 7) is 11.8. The van der Waals surface area contributed by atoms with E-state index in [1.807, 2.05) is 44.2 Å². The standard InChI is InChI=1S/C25H35N5O2/c1-6-29(7-2)15-11-12-18(3)27-25(31)21-16-26-24-23(20-13-9-8-10-14-20)19(4)28-30(24)22(21)17-32-5/h8-10,13-14,16,18H,6-7,11-12,15,17H2,1-5H3,(H,27,31). The van der Waals surface area contributed by atoms with Gasteiger partial charge >= 0.3 is 0 Å². The van der Waals surface area contributed by atoms with Crippen molar-refractivity contribution in [2.45, 2.75) is 53.2 Å². The molecule has 0 saturated heterocycles. The number of aryl methyl sites for hydroxylation is 1. The monoisotopic (exact) mass is 437 g/mol. The highest BCUT2D eigenvalue weighted by Crippen LogP contribution is 2.28. The van der Waals surface area contributed by atoms with Crippen LogP contribution in [-0.2, 0) is 11.3 Å². The van der Waals surface area contributed by atoms with Crippen LogP contribution in [0.2, 0.25) is 0 Å². The highest BCUT2D eigenvalue weighted by molar-refractivity contribution is 5.95. The van der Waals surface area contributed by atoms with Crippen molar-refractivity contribution in [1.29, 1.82) is 0 Å². The summed E-state index contributed by atoms with van der Waals surface area (Å²) in [5.41, 5.74) is 4.82. The second-order valence-electron chi connectivity index (χ2n) is 8.16. The zero-order valence-corrected chi connectivity index (χ0v) is 19.9. The number of hydrogen-bond acceptors (Lipinski definition) is 5. The minimum Gasteiger partial charge on any atom is -0.378 e. The van der Waals surface area contributed by atoms with Gasteiger partial charge in [0.15, 0.2) is 5.65 Å². The van der Waals surface area contributed by atoms with Gasteiger partial charge in [0.1, 0.15) is 0 Å². The van der Waals surface area contributed by atoms with E-state index in [9.17, 15) is 4.79 Å². The lowest BCUT2D eigenvalue weighted by molar-refractivity contribution is 0.0930. The van der Waals surface area contributed by atoms with E-state index in [2.05, 4.69) is 29.0 Å². The summed E-state index contributed by atoms with van der Waals surface area (Å²) in [6, 6.07) is 10.1. The maximum Gasteiger partial charge on any atom is 0.255 e. The van der Waals surface area contributed by atoms with Crippen molar-refractivity contribution >= 4 is 11.6 Å². The molecule has 1 aromatic carbocycles. The zero-order valence-electron chi connectivity index (χ0n) is 19.9. The second-order valence-corrected chi connectivity index (χ2v) is 8.16. The predicted octanol–water partition coefficient (Wildman–Crippen LogP) is 4.09. The Morgan fingerprint density at radius 1 is 1.22 bits per heavy atom. The number of hydrogen-bond donors (Lipinski definition) is 1. The Labute approximate surface area is 190 Å². The second kappa shape index (κ2) is 11.2. The van der Waals surface area contributed by atoms with Gasteiger partial charge in [0.2, 0.25) is 0 Å². The molecule has 3 aromatic rings. The molecule has 32 heavy (non-hydrogen) atoms. The number of nitrogens with zero attached hydrogens (tertiary/aromatic N) is 4. The molecule has 0 aliphatic carbocycles. The van der Waals surface area contributed by atoms with Crippen molar-refractivity contribution in [3.8, 4) is 11.1 Å². The van der Waals surface area contributed by atoms with Gasteiger partial charge in [-0.3, -0.25) is 4.79 Å². The zero-order chi connectivity index (χ0) is 23.1. The fourth-order valence-electron chi connectivity index (χ4n) is 4.08. The van der Waals surface area contributed by atoms with Gasteiger partial charge in [0.05, 0.1) is 23.6 Å². The van der Waals surface area contributed by atoms with Gasteiger partial charge in [-0.25, -0.2) is 9.50 Å². The number of rotatable bonds is 11. The Balaban J connectivity index is 1.83. The fourth-order valence-corrected chi connectivity index (χ4v) is 4.08. The highest BCUT2D eigenvalue weighted by Gasteiger charge is 2.21. The van der Waals surface area contributed by atoms with E-state index in [-0.39, 0.29) is 18.6 Å². The molecular formula is C25H35N5O2. The Bertz CT molecular complexity index is 1030. The van der Waals surface area contributed by atoms with Crippen LogP contribution in [0.4, 0.5) is 0 Å². The van der Waals surface area contributed by atoms with Gasteiger partial charge in [0, 0.05) is 24.9 Å². The molecule has 0 saturated carbocycles. The quantitative estimate of drug-likeness (QED) is 0.489. The molecule has 0 bridgehead atoms. The van der Waals surface area contributed by atoms with Crippen LogP contribution >= 0.6 is 0 Å². The third-order valence-electron chi connectivity index (χ3n) is 5.89. The summed E-state index contributed by atoms with van der Waals surface area (Å²) >= 11 is 0. The Hall–Kier alpha value is -2.77. The minimum absolute atomic E-state index is 0.0726. The average molecular weight is 438 g/mol. The first-order chi connectivity index (χ1) is 15.5. The van der Waals surface area contributed by atoms with E-state index in [4.69, 9.17) is 9.84 Å². The van der Waals surface area contributed by atoms with Crippen LogP contribution < -0.4 is 5.32 Å². The summed E-state index contributed by atoms with van der Waals surface area (Å²) < 4.78 is 7.18. The van der Waals surface area contributed by atoms with Crippen molar-refractivity contribution < 1.29 is 9.53 Å². The number of nitrogens with one attached hydrogen (secondary N) is 1. The summed E-state index contributed by atoms with van der Waals surface area (Å²) in [4.78, 5) is 20.1. The van der Waals surface area contributed by atoms with Gasteiger partial charge in [-0.1, -0.05) is 44.2 Å². The molecule has 172 valence electrons.